The summed E-state index contributed by atoms with van der Waals surface area (Å²) in [6, 6.07) is 6.20. The fourth-order valence-corrected chi connectivity index (χ4v) is 3.79. The van der Waals surface area contributed by atoms with Gasteiger partial charge in [0.15, 0.2) is 0 Å². The molecule has 0 spiro atoms. The fourth-order valence-electron chi connectivity index (χ4n) is 3.23. The van der Waals surface area contributed by atoms with Gasteiger partial charge in [-0.2, -0.15) is 0 Å². The van der Waals surface area contributed by atoms with Crippen LogP contribution in [0.15, 0.2) is 22.7 Å². The minimum atomic E-state index is 0.0807. The van der Waals surface area contributed by atoms with Crippen LogP contribution in [0.1, 0.15) is 39.3 Å². The second-order valence-electron chi connectivity index (χ2n) is 6.34. The molecule has 100 valence electrons. The minimum Gasteiger partial charge on any atom is -0.496 e. The van der Waals surface area contributed by atoms with E-state index in [9.17, 15) is 0 Å². The molecule has 1 fully saturated rings. The van der Waals surface area contributed by atoms with Crippen LogP contribution < -0.4 is 10.5 Å². The quantitative estimate of drug-likeness (QED) is 0.910. The van der Waals surface area contributed by atoms with Gasteiger partial charge >= 0.3 is 0 Å². The van der Waals surface area contributed by atoms with Crippen molar-refractivity contribution in [2.24, 2.45) is 22.5 Å². The lowest BCUT2D eigenvalue weighted by Gasteiger charge is -2.16. The summed E-state index contributed by atoms with van der Waals surface area (Å²) in [6.07, 6.45) is 0. The van der Waals surface area contributed by atoms with Crippen molar-refractivity contribution in [3.63, 3.8) is 0 Å². The van der Waals surface area contributed by atoms with E-state index in [0.717, 1.165) is 10.2 Å². The summed E-state index contributed by atoms with van der Waals surface area (Å²) in [6.45, 7) is 9.21. The first-order valence-electron chi connectivity index (χ1n) is 6.32. The Morgan fingerprint density at radius 1 is 1.22 bits per heavy atom. The molecule has 3 heteroatoms. The van der Waals surface area contributed by atoms with E-state index in [2.05, 4.69) is 55.8 Å². The summed E-state index contributed by atoms with van der Waals surface area (Å²) in [5.74, 6) is 1.37. The second-order valence-corrected chi connectivity index (χ2v) is 7.20. The molecule has 0 saturated heterocycles. The first kappa shape index (κ1) is 13.9. The zero-order chi connectivity index (χ0) is 13.7. The van der Waals surface area contributed by atoms with Crippen molar-refractivity contribution >= 4 is 15.9 Å². The highest BCUT2D eigenvalue weighted by Crippen LogP contribution is 2.71. The number of rotatable bonds is 3. The predicted molar refractivity (Wildman–Crippen MR) is 78.7 cm³/mol. The Hall–Kier alpha value is -0.540. The highest BCUT2D eigenvalue weighted by molar-refractivity contribution is 9.10. The van der Waals surface area contributed by atoms with Gasteiger partial charge in [-0.1, -0.05) is 33.8 Å². The number of benzene rings is 1. The zero-order valence-corrected chi connectivity index (χ0v) is 13.3. The maximum atomic E-state index is 6.45. The van der Waals surface area contributed by atoms with Gasteiger partial charge < -0.3 is 10.5 Å². The summed E-state index contributed by atoms with van der Waals surface area (Å²) in [7, 11) is 1.67. The van der Waals surface area contributed by atoms with E-state index in [1.807, 2.05) is 6.07 Å². The van der Waals surface area contributed by atoms with Crippen LogP contribution in [0.25, 0.3) is 0 Å². The summed E-state index contributed by atoms with van der Waals surface area (Å²) < 4.78 is 6.22. The summed E-state index contributed by atoms with van der Waals surface area (Å²) in [5, 5.41) is 0. The Kier molecular flexibility index (Phi) is 3.27. The standard InChI is InChI=1S/C15H22BrNO/c1-14(2)13(15(14,3)4)12(17)9-6-7-11(18-5)10(16)8-9/h6-8,12-13H,17H2,1-5H3. The number of nitrogens with two attached hydrogens (primary N) is 1. The van der Waals surface area contributed by atoms with Crippen molar-refractivity contribution in [3.8, 4) is 5.75 Å². The van der Waals surface area contributed by atoms with Gasteiger partial charge in [-0.25, -0.2) is 0 Å². The van der Waals surface area contributed by atoms with E-state index in [1.54, 1.807) is 7.11 Å². The average Bonchev–Trinajstić information content (AvgIpc) is 2.68. The van der Waals surface area contributed by atoms with E-state index < -0.39 is 0 Å². The molecule has 1 unspecified atom stereocenters. The van der Waals surface area contributed by atoms with Crippen LogP contribution in [0.5, 0.6) is 5.75 Å². The normalized spacial score (nSPS) is 22.6. The molecule has 2 rings (SSSR count). The molecule has 1 atom stereocenters. The lowest BCUT2D eigenvalue weighted by molar-refractivity contribution is 0.411. The Morgan fingerprint density at radius 3 is 2.17 bits per heavy atom. The summed E-state index contributed by atoms with van der Waals surface area (Å²) in [4.78, 5) is 0. The van der Waals surface area contributed by atoms with Crippen LogP contribution in [-0.2, 0) is 0 Å². The van der Waals surface area contributed by atoms with Crippen molar-refractivity contribution in [1.29, 1.82) is 0 Å². The first-order chi connectivity index (χ1) is 8.23. The number of halogens is 1. The summed E-state index contributed by atoms with van der Waals surface area (Å²) >= 11 is 3.52. The molecule has 1 aliphatic carbocycles. The maximum absolute atomic E-state index is 6.45. The van der Waals surface area contributed by atoms with Crippen LogP contribution in [0.2, 0.25) is 0 Å². The summed E-state index contributed by atoms with van der Waals surface area (Å²) in [5.41, 5.74) is 8.23. The Labute approximate surface area is 118 Å². The van der Waals surface area contributed by atoms with Crippen molar-refractivity contribution < 1.29 is 4.74 Å². The predicted octanol–water partition coefficient (Wildman–Crippen LogP) is 4.14. The molecular weight excluding hydrogens is 290 g/mol. The van der Waals surface area contributed by atoms with Crippen LogP contribution in [-0.4, -0.2) is 7.11 Å². The first-order valence-corrected chi connectivity index (χ1v) is 7.12. The number of hydrogen-bond donors (Lipinski definition) is 1. The van der Waals surface area contributed by atoms with Crippen LogP contribution >= 0.6 is 15.9 Å². The highest BCUT2D eigenvalue weighted by atomic mass is 79.9. The molecule has 1 aliphatic rings. The third-order valence-corrected chi connectivity index (χ3v) is 5.67. The third-order valence-electron chi connectivity index (χ3n) is 5.05. The van der Waals surface area contributed by atoms with Crippen molar-refractivity contribution in [1.82, 2.24) is 0 Å². The van der Waals surface area contributed by atoms with Gasteiger partial charge in [0, 0.05) is 6.04 Å². The van der Waals surface area contributed by atoms with Gasteiger partial charge in [-0.05, 0) is 50.4 Å². The molecule has 1 aromatic carbocycles. The Bertz CT molecular complexity index is 454. The van der Waals surface area contributed by atoms with Crippen LogP contribution in [0, 0.1) is 16.7 Å². The van der Waals surface area contributed by atoms with Gasteiger partial charge in [-0.3, -0.25) is 0 Å². The van der Waals surface area contributed by atoms with E-state index in [1.165, 1.54) is 5.56 Å². The minimum absolute atomic E-state index is 0.0807. The number of hydrogen-bond acceptors (Lipinski definition) is 2. The lowest BCUT2D eigenvalue weighted by Crippen LogP contribution is -2.16. The molecule has 2 nitrogen and oxygen atoms in total. The number of ether oxygens (including phenoxy) is 1. The lowest BCUT2D eigenvalue weighted by atomic mass is 9.97. The second kappa shape index (κ2) is 4.24. The van der Waals surface area contributed by atoms with E-state index >= 15 is 0 Å². The molecular formula is C15H22BrNO. The topological polar surface area (TPSA) is 35.2 Å². The van der Waals surface area contributed by atoms with Gasteiger partial charge in [-0.15, -0.1) is 0 Å². The van der Waals surface area contributed by atoms with Gasteiger partial charge in [0.05, 0.1) is 11.6 Å². The smallest absolute Gasteiger partial charge is 0.133 e. The highest BCUT2D eigenvalue weighted by Gasteiger charge is 2.66. The molecule has 0 heterocycles. The van der Waals surface area contributed by atoms with Gasteiger partial charge in [0.2, 0.25) is 0 Å². The average molecular weight is 312 g/mol. The molecule has 0 bridgehead atoms. The fraction of sp³-hybridized carbons (Fsp3) is 0.600. The number of methoxy groups -OCH3 is 1. The molecule has 1 saturated carbocycles. The van der Waals surface area contributed by atoms with E-state index in [4.69, 9.17) is 10.5 Å². The molecule has 2 N–H and O–H groups in total. The zero-order valence-electron chi connectivity index (χ0n) is 11.8. The largest absolute Gasteiger partial charge is 0.496 e. The van der Waals surface area contributed by atoms with E-state index in [0.29, 0.717) is 16.7 Å². The molecule has 1 aromatic rings. The van der Waals surface area contributed by atoms with Gasteiger partial charge in [0.1, 0.15) is 5.75 Å². The SMILES string of the molecule is COc1ccc(C(N)C2C(C)(C)C2(C)C)cc1Br. The van der Waals surface area contributed by atoms with Crippen molar-refractivity contribution in [3.05, 3.63) is 28.2 Å². The Balaban J connectivity index is 2.26. The maximum Gasteiger partial charge on any atom is 0.133 e. The van der Waals surface area contributed by atoms with Crippen LogP contribution in [0.3, 0.4) is 0 Å². The van der Waals surface area contributed by atoms with Crippen molar-refractivity contribution in [2.45, 2.75) is 33.7 Å². The molecule has 0 aliphatic heterocycles. The molecule has 0 radical (unpaired) electrons. The molecule has 0 aromatic heterocycles. The molecule has 18 heavy (non-hydrogen) atoms. The van der Waals surface area contributed by atoms with Crippen LogP contribution in [0.4, 0.5) is 0 Å². The van der Waals surface area contributed by atoms with Crippen molar-refractivity contribution in [2.75, 3.05) is 7.11 Å². The van der Waals surface area contributed by atoms with Gasteiger partial charge in [0.25, 0.3) is 0 Å². The molecule has 0 amide bonds. The Morgan fingerprint density at radius 2 is 1.78 bits per heavy atom. The monoisotopic (exact) mass is 311 g/mol. The van der Waals surface area contributed by atoms with E-state index in [-0.39, 0.29) is 6.04 Å². The third kappa shape index (κ3) is 1.88.